The van der Waals surface area contributed by atoms with Crippen molar-refractivity contribution in [2.45, 2.75) is 57.8 Å². The summed E-state index contributed by atoms with van der Waals surface area (Å²) in [6.45, 7) is 7.86. The fourth-order valence-electron chi connectivity index (χ4n) is 3.40. The molecular formula is C20H32N. The van der Waals surface area contributed by atoms with E-state index in [4.69, 9.17) is 0 Å². The van der Waals surface area contributed by atoms with Crippen LogP contribution in [0.15, 0.2) is 30.3 Å². The lowest BCUT2D eigenvalue weighted by Crippen LogP contribution is -2.35. The summed E-state index contributed by atoms with van der Waals surface area (Å²) in [5.41, 5.74) is 1.52. The Morgan fingerprint density at radius 1 is 0.905 bits per heavy atom. The summed E-state index contributed by atoms with van der Waals surface area (Å²) >= 11 is 0. The molecule has 0 unspecified atom stereocenters. The zero-order valence-electron chi connectivity index (χ0n) is 13.6. The van der Waals surface area contributed by atoms with Gasteiger partial charge in [0, 0.05) is 0 Å². The summed E-state index contributed by atoms with van der Waals surface area (Å²) in [6.07, 6.45) is 12.0. The molecule has 1 aliphatic heterocycles. The Bertz CT molecular complexity index is 351. The Hall–Kier alpha value is -0.820. The molecule has 0 saturated carbocycles. The van der Waals surface area contributed by atoms with Gasteiger partial charge in [0.05, 0.1) is 0 Å². The van der Waals surface area contributed by atoms with E-state index in [0.29, 0.717) is 0 Å². The van der Waals surface area contributed by atoms with Gasteiger partial charge in [-0.2, -0.15) is 0 Å². The van der Waals surface area contributed by atoms with Gasteiger partial charge in [-0.15, -0.1) is 0 Å². The molecule has 0 aliphatic carbocycles. The maximum absolute atomic E-state index is 3.91. The highest BCUT2D eigenvalue weighted by Gasteiger charge is 2.18. The summed E-state index contributed by atoms with van der Waals surface area (Å²) in [5, 5.41) is 0. The van der Waals surface area contributed by atoms with Crippen LogP contribution in [0.1, 0.15) is 56.9 Å². The molecule has 1 aromatic carbocycles. The Balaban J connectivity index is 1.54. The second kappa shape index (κ2) is 10.00. The highest BCUT2D eigenvalue weighted by atomic mass is 15.1. The van der Waals surface area contributed by atoms with Crippen molar-refractivity contribution < 1.29 is 0 Å². The maximum Gasteiger partial charge on any atom is -0.00160 e. The van der Waals surface area contributed by atoms with Crippen molar-refractivity contribution in [2.75, 3.05) is 19.6 Å². The van der Waals surface area contributed by atoms with E-state index >= 15 is 0 Å². The standard InChI is InChI=1S/C20H32N/c1-2-3-4-5-6-10-15-21-16-13-20(14-17-21)18-19-11-8-7-9-12-19/h7-9,11-12,20H,1-6,10,13-18H2. The van der Waals surface area contributed by atoms with E-state index in [2.05, 4.69) is 42.2 Å². The van der Waals surface area contributed by atoms with Crippen LogP contribution in [0, 0.1) is 12.8 Å². The van der Waals surface area contributed by atoms with E-state index in [0.717, 1.165) is 12.3 Å². The van der Waals surface area contributed by atoms with Crippen LogP contribution in [0.2, 0.25) is 0 Å². The van der Waals surface area contributed by atoms with Gasteiger partial charge >= 0.3 is 0 Å². The first-order chi connectivity index (χ1) is 10.4. The van der Waals surface area contributed by atoms with E-state index in [-0.39, 0.29) is 0 Å². The fourth-order valence-corrected chi connectivity index (χ4v) is 3.40. The predicted molar refractivity (Wildman–Crippen MR) is 92.4 cm³/mol. The molecule has 0 amide bonds. The van der Waals surface area contributed by atoms with Crippen LogP contribution in [-0.4, -0.2) is 24.5 Å². The number of hydrogen-bond acceptors (Lipinski definition) is 1. The number of hydrogen-bond donors (Lipinski definition) is 0. The minimum Gasteiger partial charge on any atom is -0.303 e. The van der Waals surface area contributed by atoms with Gasteiger partial charge in [0.25, 0.3) is 0 Å². The summed E-state index contributed by atoms with van der Waals surface area (Å²) < 4.78 is 0. The van der Waals surface area contributed by atoms with Crippen LogP contribution in [-0.2, 0) is 6.42 Å². The molecule has 1 nitrogen and oxygen atoms in total. The molecule has 1 saturated heterocycles. The highest BCUT2D eigenvalue weighted by molar-refractivity contribution is 5.15. The Kier molecular flexibility index (Phi) is 7.88. The summed E-state index contributed by atoms with van der Waals surface area (Å²) in [4.78, 5) is 2.68. The fraction of sp³-hybridized carbons (Fsp3) is 0.650. The average molecular weight is 286 g/mol. The smallest absolute Gasteiger partial charge is 0.00160 e. The Morgan fingerprint density at radius 3 is 2.29 bits per heavy atom. The summed E-state index contributed by atoms with van der Waals surface area (Å²) in [7, 11) is 0. The number of nitrogens with zero attached hydrogens (tertiary/aromatic N) is 1. The lowest BCUT2D eigenvalue weighted by Gasteiger charge is -2.32. The molecule has 21 heavy (non-hydrogen) atoms. The zero-order chi connectivity index (χ0) is 14.8. The molecule has 0 atom stereocenters. The Morgan fingerprint density at radius 2 is 1.57 bits per heavy atom. The van der Waals surface area contributed by atoms with Crippen molar-refractivity contribution in [1.82, 2.24) is 4.90 Å². The third kappa shape index (κ3) is 6.65. The molecule has 1 fully saturated rings. The summed E-state index contributed by atoms with van der Waals surface area (Å²) in [5.74, 6) is 0.903. The zero-order valence-corrected chi connectivity index (χ0v) is 13.6. The first kappa shape index (κ1) is 16.5. The molecule has 0 aromatic heterocycles. The molecule has 0 N–H and O–H groups in total. The summed E-state index contributed by atoms with van der Waals surface area (Å²) in [6, 6.07) is 11.0. The third-order valence-electron chi connectivity index (χ3n) is 4.80. The third-order valence-corrected chi connectivity index (χ3v) is 4.80. The molecule has 0 bridgehead atoms. The van der Waals surface area contributed by atoms with Crippen molar-refractivity contribution in [2.24, 2.45) is 5.92 Å². The van der Waals surface area contributed by atoms with E-state index in [1.54, 1.807) is 0 Å². The van der Waals surface area contributed by atoms with E-state index in [1.165, 1.54) is 76.6 Å². The van der Waals surface area contributed by atoms with Gasteiger partial charge in [0.2, 0.25) is 0 Å². The van der Waals surface area contributed by atoms with Gasteiger partial charge in [-0.05, 0) is 56.8 Å². The number of unbranched alkanes of at least 4 members (excludes halogenated alkanes) is 5. The van der Waals surface area contributed by atoms with Crippen molar-refractivity contribution in [3.8, 4) is 0 Å². The second-order valence-electron chi connectivity index (χ2n) is 6.60. The largest absolute Gasteiger partial charge is 0.303 e. The quantitative estimate of drug-likeness (QED) is 0.570. The van der Waals surface area contributed by atoms with Crippen molar-refractivity contribution in [1.29, 1.82) is 0 Å². The maximum atomic E-state index is 3.91. The van der Waals surface area contributed by atoms with Crippen LogP contribution < -0.4 is 0 Å². The van der Waals surface area contributed by atoms with Crippen molar-refractivity contribution in [3.05, 3.63) is 42.8 Å². The number of rotatable bonds is 9. The van der Waals surface area contributed by atoms with Crippen molar-refractivity contribution in [3.63, 3.8) is 0 Å². The number of piperidine rings is 1. The van der Waals surface area contributed by atoms with E-state index < -0.39 is 0 Å². The van der Waals surface area contributed by atoms with Gasteiger partial charge in [-0.3, -0.25) is 0 Å². The minimum atomic E-state index is 0.903. The van der Waals surface area contributed by atoms with Gasteiger partial charge in [-0.25, -0.2) is 0 Å². The normalized spacial score (nSPS) is 17.2. The first-order valence-corrected chi connectivity index (χ1v) is 8.94. The number of benzene rings is 1. The molecule has 117 valence electrons. The molecule has 1 aliphatic rings. The minimum absolute atomic E-state index is 0.903. The van der Waals surface area contributed by atoms with Gasteiger partial charge in [-0.1, -0.05) is 69.4 Å². The average Bonchev–Trinajstić information content (AvgIpc) is 2.53. The Labute approximate surface area is 131 Å². The molecule has 0 spiro atoms. The van der Waals surface area contributed by atoms with Crippen molar-refractivity contribution >= 4 is 0 Å². The molecular weight excluding hydrogens is 254 g/mol. The van der Waals surface area contributed by atoms with Gasteiger partial charge in [0.1, 0.15) is 0 Å². The van der Waals surface area contributed by atoms with E-state index in [1.807, 2.05) is 0 Å². The second-order valence-corrected chi connectivity index (χ2v) is 6.60. The molecule has 1 heterocycles. The lowest BCUT2D eigenvalue weighted by atomic mass is 9.90. The van der Waals surface area contributed by atoms with Crippen LogP contribution in [0.25, 0.3) is 0 Å². The lowest BCUT2D eigenvalue weighted by molar-refractivity contribution is 0.181. The van der Waals surface area contributed by atoms with Gasteiger partial charge in [0.15, 0.2) is 0 Å². The molecule has 2 rings (SSSR count). The molecule has 1 aromatic rings. The van der Waals surface area contributed by atoms with Crippen LogP contribution in [0.4, 0.5) is 0 Å². The first-order valence-electron chi connectivity index (χ1n) is 8.94. The van der Waals surface area contributed by atoms with Crippen LogP contribution in [0.3, 0.4) is 0 Å². The molecule has 1 radical (unpaired) electrons. The SMILES string of the molecule is [CH2]CCCCCCCN1CCC(Cc2ccccc2)CC1. The topological polar surface area (TPSA) is 3.24 Å². The molecule has 1 heteroatoms. The van der Waals surface area contributed by atoms with Crippen LogP contribution in [0.5, 0.6) is 0 Å². The van der Waals surface area contributed by atoms with E-state index in [9.17, 15) is 0 Å². The van der Waals surface area contributed by atoms with Gasteiger partial charge < -0.3 is 4.90 Å². The van der Waals surface area contributed by atoms with Crippen LogP contribution >= 0.6 is 0 Å². The predicted octanol–water partition coefficient (Wildman–Crippen LogP) is 5.12. The number of likely N-dealkylation sites (tertiary alicyclic amines) is 1. The highest BCUT2D eigenvalue weighted by Crippen LogP contribution is 2.22. The monoisotopic (exact) mass is 286 g/mol.